The molecule has 0 amide bonds. The zero-order valence-electron chi connectivity index (χ0n) is 11.5. The summed E-state index contributed by atoms with van der Waals surface area (Å²) in [7, 11) is 2.09. The van der Waals surface area contributed by atoms with Crippen molar-refractivity contribution in [2.45, 2.75) is 18.9 Å². The van der Waals surface area contributed by atoms with E-state index in [4.69, 9.17) is 10.5 Å². The van der Waals surface area contributed by atoms with Gasteiger partial charge in [-0.1, -0.05) is 0 Å². The Bertz CT molecular complexity index is 630. The van der Waals surface area contributed by atoms with Crippen molar-refractivity contribution in [2.24, 2.45) is 0 Å². The number of nitrogens with two attached hydrogens (primary N) is 1. The lowest BCUT2D eigenvalue weighted by Gasteiger charge is -2.28. The molecule has 1 aliphatic rings. The molecule has 20 heavy (non-hydrogen) atoms. The zero-order chi connectivity index (χ0) is 14.1. The SMILES string of the molecule is CN1CCC(OC(=O)c2cc3cc(N)ccc3s2)CC1. The first-order valence-corrected chi connectivity index (χ1v) is 7.62. The van der Waals surface area contributed by atoms with Crippen LogP contribution in [0.4, 0.5) is 5.69 Å². The lowest BCUT2D eigenvalue weighted by atomic mass is 10.1. The van der Waals surface area contributed by atoms with E-state index in [-0.39, 0.29) is 12.1 Å². The average Bonchev–Trinajstić information content (AvgIpc) is 2.84. The first-order valence-electron chi connectivity index (χ1n) is 6.80. The molecular formula is C15H18N2O2S. The Morgan fingerprint density at radius 3 is 2.85 bits per heavy atom. The fraction of sp³-hybridized carbons (Fsp3) is 0.400. The summed E-state index contributed by atoms with van der Waals surface area (Å²) in [5.74, 6) is -0.209. The van der Waals surface area contributed by atoms with Gasteiger partial charge in [0.05, 0.1) is 0 Å². The van der Waals surface area contributed by atoms with Gasteiger partial charge in [0.2, 0.25) is 0 Å². The molecule has 1 aliphatic heterocycles. The molecule has 2 N–H and O–H groups in total. The second-order valence-corrected chi connectivity index (χ2v) is 6.40. The van der Waals surface area contributed by atoms with Crippen LogP contribution in [0.1, 0.15) is 22.5 Å². The smallest absolute Gasteiger partial charge is 0.348 e. The number of ether oxygens (including phenoxy) is 1. The molecule has 0 unspecified atom stereocenters. The fourth-order valence-corrected chi connectivity index (χ4v) is 3.40. The van der Waals surface area contributed by atoms with E-state index >= 15 is 0 Å². The van der Waals surface area contributed by atoms with Gasteiger partial charge in [-0.25, -0.2) is 4.79 Å². The summed E-state index contributed by atoms with van der Waals surface area (Å²) in [6, 6.07) is 7.55. The fourth-order valence-electron chi connectivity index (χ4n) is 2.47. The van der Waals surface area contributed by atoms with Crippen molar-refractivity contribution < 1.29 is 9.53 Å². The van der Waals surface area contributed by atoms with Crippen molar-refractivity contribution >= 4 is 33.1 Å². The number of esters is 1. The molecule has 4 nitrogen and oxygen atoms in total. The molecule has 1 fully saturated rings. The monoisotopic (exact) mass is 290 g/mol. The van der Waals surface area contributed by atoms with Crippen LogP contribution in [-0.2, 0) is 4.74 Å². The number of benzene rings is 1. The van der Waals surface area contributed by atoms with Crippen molar-refractivity contribution in [3.63, 3.8) is 0 Å². The molecule has 0 radical (unpaired) electrons. The van der Waals surface area contributed by atoms with Gasteiger partial charge in [0.25, 0.3) is 0 Å². The molecule has 0 spiro atoms. The largest absolute Gasteiger partial charge is 0.458 e. The van der Waals surface area contributed by atoms with E-state index in [1.807, 2.05) is 24.3 Å². The van der Waals surface area contributed by atoms with Crippen LogP contribution in [-0.4, -0.2) is 37.1 Å². The van der Waals surface area contributed by atoms with Gasteiger partial charge in [0.15, 0.2) is 0 Å². The number of nitrogens with zero attached hydrogens (tertiary/aromatic N) is 1. The number of hydrogen-bond donors (Lipinski definition) is 1. The van der Waals surface area contributed by atoms with Crippen LogP contribution in [0.25, 0.3) is 10.1 Å². The highest BCUT2D eigenvalue weighted by Gasteiger charge is 2.22. The molecule has 1 aromatic carbocycles. The second kappa shape index (κ2) is 5.42. The van der Waals surface area contributed by atoms with Crippen molar-refractivity contribution in [1.82, 2.24) is 4.90 Å². The van der Waals surface area contributed by atoms with Crippen LogP contribution >= 0.6 is 11.3 Å². The molecule has 0 aliphatic carbocycles. The number of carbonyl (C=O) groups excluding carboxylic acids is 1. The van der Waals surface area contributed by atoms with Gasteiger partial charge in [-0.3, -0.25) is 0 Å². The highest BCUT2D eigenvalue weighted by molar-refractivity contribution is 7.20. The van der Waals surface area contributed by atoms with E-state index in [1.165, 1.54) is 11.3 Å². The third kappa shape index (κ3) is 2.78. The van der Waals surface area contributed by atoms with Crippen LogP contribution in [0.15, 0.2) is 24.3 Å². The number of anilines is 1. The molecule has 3 rings (SSSR count). The molecule has 2 heterocycles. The van der Waals surface area contributed by atoms with Gasteiger partial charge in [0, 0.05) is 23.5 Å². The van der Waals surface area contributed by atoms with E-state index in [1.54, 1.807) is 0 Å². The van der Waals surface area contributed by atoms with Crippen LogP contribution < -0.4 is 5.73 Å². The third-order valence-corrected chi connectivity index (χ3v) is 4.78. The van der Waals surface area contributed by atoms with Crippen molar-refractivity contribution in [1.29, 1.82) is 0 Å². The summed E-state index contributed by atoms with van der Waals surface area (Å²) >= 11 is 1.46. The van der Waals surface area contributed by atoms with Gasteiger partial charge in [0.1, 0.15) is 11.0 Å². The summed E-state index contributed by atoms with van der Waals surface area (Å²) in [6.07, 6.45) is 1.88. The lowest BCUT2D eigenvalue weighted by Crippen LogP contribution is -2.35. The molecule has 106 valence electrons. The Morgan fingerprint density at radius 2 is 2.10 bits per heavy atom. The second-order valence-electron chi connectivity index (χ2n) is 5.32. The van der Waals surface area contributed by atoms with Crippen molar-refractivity contribution in [3.8, 4) is 0 Å². The molecule has 2 aromatic rings. The standard InChI is InChI=1S/C15H18N2O2S/c1-17-6-4-12(5-7-17)19-15(18)14-9-10-8-11(16)2-3-13(10)20-14/h2-3,8-9,12H,4-7,16H2,1H3. The minimum absolute atomic E-state index is 0.0500. The van der Waals surface area contributed by atoms with Gasteiger partial charge in [-0.2, -0.15) is 0 Å². The number of thiophene rings is 1. The van der Waals surface area contributed by atoms with Crippen LogP contribution in [0.2, 0.25) is 0 Å². The minimum Gasteiger partial charge on any atom is -0.458 e. The topological polar surface area (TPSA) is 55.6 Å². The van der Waals surface area contributed by atoms with Gasteiger partial charge >= 0.3 is 5.97 Å². The highest BCUT2D eigenvalue weighted by Crippen LogP contribution is 2.28. The summed E-state index contributed by atoms with van der Waals surface area (Å²) in [5, 5.41) is 1.00. The number of carbonyl (C=O) groups is 1. The molecule has 0 atom stereocenters. The third-order valence-electron chi connectivity index (χ3n) is 3.68. The summed E-state index contributed by atoms with van der Waals surface area (Å²) in [6.45, 7) is 1.97. The predicted octanol–water partition coefficient (Wildman–Crippen LogP) is 2.73. The first kappa shape index (κ1) is 13.4. The molecule has 5 heteroatoms. The normalized spacial score (nSPS) is 17.4. The first-order chi connectivity index (χ1) is 9.61. The van der Waals surface area contributed by atoms with Gasteiger partial charge in [-0.05, 0) is 49.5 Å². The van der Waals surface area contributed by atoms with E-state index in [0.717, 1.165) is 36.0 Å². The molecule has 0 saturated carbocycles. The van der Waals surface area contributed by atoms with Crippen molar-refractivity contribution in [3.05, 3.63) is 29.1 Å². The maximum absolute atomic E-state index is 12.2. The summed E-state index contributed by atoms with van der Waals surface area (Å²) in [4.78, 5) is 15.1. The van der Waals surface area contributed by atoms with Crippen LogP contribution in [0.5, 0.6) is 0 Å². The number of hydrogen-bond acceptors (Lipinski definition) is 5. The van der Waals surface area contributed by atoms with Gasteiger partial charge in [-0.15, -0.1) is 11.3 Å². The zero-order valence-corrected chi connectivity index (χ0v) is 12.3. The Hall–Kier alpha value is -1.59. The summed E-state index contributed by atoms with van der Waals surface area (Å²) < 4.78 is 6.66. The van der Waals surface area contributed by atoms with Gasteiger partial charge < -0.3 is 15.4 Å². The highest BCUT2D eigenvalue weighted by atomic mass is 32.1. The number of fused-ring (bicyclic) bond motifs is 1. The lowest BCUT2D eigenvalue weighted by molar-refractivity contribution is 0.0145. The van der Waals surface area contributed by atoms with E-state index < -0.39 is 0 Å². The number of nitrogen functional groups attached to an aromatic ring is 1. The number of likely N-dealkylation sites (tertiary alicyclic amines) is 1. The Morgan fingerprint density at radius 1 is 1.35 bits per heavy atom. The number of rotatable bonds is 2. The molecule has 0 bridgehead atoms. The Balaban J connectivity index is 1.72. The molecular weight excluding hydrogens is 272 g/mol. The molecule has 1 aromatic heterocycles. The summed E-state index contributed by atoms with van der Waals surface area (Å²) in [5.41, 5.74) is 6.47. The van der Waals surface area contributed by atoms with Crippen molar-refractivity contribution in [2.75, 3.05) is 25.9 Å². The maximum atomic E-state index is 12.2. The van der Waals surface area contributed by atoms with Crippen LogP contribution in [0, 0.1) is 0 Å². The minimum atomic E-state index is -0.209. The quantitative estimate of drug-likeness (QED) is 0.682. The van der Waals surface area contributed by atoms with E-state index in [9.17, 15) is 4.79 Å². The maximum Gasteiger partial charge on any atom is 0.348 e. The Labute approximate surface area is 122 Å². The predicted molar refractivity (Wildman–Crippen MR) is 82.2 cm³/mol. The average molecular weight is 290 g/mol. The molecule has 1 saturated heterocycles. The van der Waals surface area contributed by atoms with E-state index in [0.29, 0.717) is 10.6 Å². The Kier molecular flexibility index (Phi) is 3.63. The van der Waals surface area contributed by atoms with Crippen LogP contribution in [0.3, 0.4) is 0 Å². The number of piperidine rings is 1. The van der Waals surface area contributed by atoms with E-state index in [2.05, 4.69) is 11.9 Å².